The maximum absolute atomic E-state index is 12.9. The molecule has 0 radical (unpaired) electrons. The lowest BCUT2D eigenvalue weighted by atomic mass is 10.1. The Morgan fingerprint density at radius 1 is 1.00 bits per heavy atom. The lowest BCUT2D eigenvalue weighted by Crippen LogP contribution is -2.20. The molecule has 0 spiro atoms. The molecule has 1 heterocycles. The van der Waals surface area contributed by atoms with E-state index in [1.807, 2.05) is 20.8 Å². The molecule has 0 saturated heterocycles. The fourth-order valence-corrected chi connectivity index (χ4v) is 1.96. The number of hydrogen-bond donors (Lipinski definition) is 0. The minimum atomic E-state index is -4.31. The summed E-state index contributed by atoms with van der Waals surface area (Å²) in [6.45, 7) is 5.67. The second kappa shape index (κ2) is 3.52. The van der Waals surface area contributed by atoms with Crippen molar-refractivity contribution in [3.63, 3.8) is 0 Å². The Labute approximate surface area is 97.9 Å². The van der Waals surface area contributed by atoms with Gasteiger partial charge >= 0.3 is 6.18 Å². The number of halogens is 3. The molecule has 4 heteroatoms. The summed E-state index contributed by atoms with van der Waals surface area (Å²) in [6.07, 6.45) is -3.11. The maximum Gasteiger partial charge on any atom is 0.418 e. The quantitative estimate of drug-likeness (QED) is 0.643. The van der Waals surface area contributed by atoms with Crippen molar-refractivity contribution in [1.82, 2.24) is 4.57 Å². The molecule has 0 aliphatic carbocycles. The molecular weight excluding hydrogens is 227 g/mol. The molecule has 0 aliphatic heterocycles. The van der Waals surface area contributed by atoms with E-state index in [-0.39, 0.29) is 10.9 Å². The molecule has 0 bridgehead atoms. The van der Waals surface area contributed by atoms with Crippen molar-refractivity contribution in [2.45, 2.75) is 32.5 Å². The number of hydrogen-bond acceptors (Lipinski definition) is 0. The van der Waals surface area contributed by atoms with Crippen LogP contribution < -0.4 is 0 Å². The summed E-state index contributed by atoms with van der Waals surface area (Å²) >= 11 is 0. The van der Waals surface area contributed by atoms with Crippen molar-refractivity contribution in [2.24, 2.45) is 0 Å². The molecule has 0 N–H and O–H groups in total. The van der Waals surface area contributed by atoms with Gasteiger partial charge in [-0.15, -0.1) is 0 Å². The molecule has 0 saturated carbocycles. The van der Waals surface area contributed by atoms with Gasteiger partial charge in [0, 0.05) is 22.6 Å². The molecule has 1 aromatic carbocycles. The Morgan fingerprint density at radius 2 is 1.59 bits per heavy atom. The third-order valence-corrected chi connectivity index (χ3v) is 2.74. The van der Waals surface area contributed by atoms with Crippen LogP contribution in [0.15, 0.2) is 30.5 Å². The van der Waals surface area contributed by atoms with E-state index in [0.29, 0.717) is 5.52 Å². The Bertz CT molecular complexity index is 496. The summed E-state index contributed by atoms with van der Waals surface area (Å²) < 4.78 is 40.4. The molecule has 0 unspecified atom stereocenters. The first-order chi connectivity index (χ1) is 7.71. The van der Waals surface area contributed by atoms with Gasteiger partial charge in [-0.3, -0.25) is 0 Å². The van der Waals surface area contributed by atoms with Crippen molar-refractivity contribution in [2.75, 3.05) is 0 Å². The Kier molecular flexibility index (Phi) is 2.49. The van der Waals surface area contributed by atoms with E-state index in [2.05, 4.69) is 0 Å². The van der Waals surface area contributed by atoms with Crippen molar-refractivity contribution in [3.8, 4) is 0 Å². The monoisotopic (exact) mass is 241 g/mol. The highest BCUT2D eigenvalue weighted by Crippen LogP contribution is 2.37. The van der Waals surface area contributed by atoms with Crippen LogP contribution >= 0.6 is 0 Å². The first kappa shape index (κ1) is 12.0. The fraction of sp³-hybridized carbons (Fsp3) is 0.385. The summed E-state index contributed by atoms with van der Waals surface area (Å²) in [7, 11) is 0. The largest absolute Gasteiger partial charge is 0.418 e. The van der Waals surface area contributed by atoms with Crippen molar-refractivity contribution in [3.05, 3.63) is 36.0 Å². The van der Waals surface area contributed by atoms with Gasteiger partial charge in [0.15, 0.2) is 0 Å². The molecule has 2 aromatic rings. The number of nitrogens with zero attached hydrogens (tertiary/aromatic N) is 1. The van der Waals surface area contributed by atoms with Gasteiger partial charge in [0.2, 0.25) is 0 Å². The highest BCUT2D eigenvalue weighted by molar-refractivity contribution is 5.84. The van der Waals surface area contributed by atoms with Crippen LogP contribution in [0.4, 0.5) is 13.2 Å². The molecule has 1 nitrogen and oxygen atoms in total. The average molecular weight is 241 g/mol. The second-order valence-corrected chi connectivity index (χ2v) is 5.10. The summed E-state index contributed by atoms with van der Waals surface area (Å²) in [6, 6.07) is 6.62. The van der Waals surface area contributed by atoms with Gasteiger partial charge in [-0.1, -0.05) is 18.2 Å². The number of rotatable bonds is 0. The number of alkyl halides is 3. The highest BCUT2D eigenvalue weighted by Gasteiger charge is 2.35. The molecule has 2 rings (SSSR count). The van der Waals surface area contributed by atoms with E-state index in [1.165, 1.54) is 12.3 Å². The topological polar surface area (TPSA) is 4.93 Å². The Hall–Kier alpha value is -1.45. The van der Waals surface area contributed by atoms with E-state index in [0.717, 1.165) is 0 Å². The fourth-order valence-electron chi connectivity index (χ4n) is 1.96. The summed E-state index contributed by atoms with van der Waals surface area (Å²) in [5, 5.41) is 0.259. The number of fused-ring (bicyclic) bond motifs is 1. The second-order valence-electron chi connectivity index (χ2n) is 5.10. The molecule has 0 atom stereocenters. The number of para-hydroxylation sites is 1. The van der Waals surface area contributed by atoms with Crippen molar-refractivity contribution in [1.29, 1.82) is 0 Å². The van der Waals surface area contributed by atoms with E-state index >= 15 is 0 Å². The van der Waals surface area contributed by atoms with Gasteiger partial charge in [0.1, 0.15) is 0 Å². The smallest absolute Gasteiger partial charge is 0.342 e. The lowest BCUT2D eigenvalue weighted by molar-refractivity contribution is -0.136. The van der Waals surface area contributed by atoms with Crippen LogP contribution in [0.2, 0.25) is 0 Å². The molecule has 0 amide bonds. The maximum atomic E-state index is 12.9. The minimum absolute atomic E-state index is 0.259. The predicted octanol–water partition coefficient (Wildman–Crippen LogP) is 4.42. The lowest BCUT2D eigenvalue weighted by Gasteiger charge is -2.22. The van der Waals surface area contributed by atoms with Crippen LogP contribution in [-0.4, -0.2) is 4.57 Å². The summed E-state index contributed by atoms with van der Waals surface area (Å²) in [5.41, 5.74) is -0.321. The average Bonchev–Trinajstić information content (AvgIpc) is 2.55. The number of aromatic nitrogens is 1. The van der Waals surface area contributed by atoms with Crippen LogP contribution in [0, 0.1) is 0 Å². The van der Waals surface area contributed by atoms with Crippen LogP contribution in [0.5, 0.6) is 0 Å². The van der Waals surface area contributed by atoms with E-state index in [4.69, 9.17) is 0 Å². The Morgan fingerprint density at radius 3 is 2.12 bits per heavy atom. The van der Waals surface area contributed by atoms with Crippen molar-refractivity contribution < 1.29 is 13.2 Å². The zero-order chi connectivity index (χ0) is 12.8. The molecular formula is C13H14F3N. The summed E-state index contributed by atoms with van der Waals surface area (Å²) in [4.78, 5) is 0. The molecule has 17 heavy (non-hydrogen) atoms. The first-order valence-electron chi connectivity index (χ1n) is 5.39. The molecule has 0 fully saturated rings. The van der Waals surface area contributed by atoms with E-state index < -0.39 is 11.7 Å². The van der Waals surface area contributed by atoms with Gasteiger partial charge in [0.05, 0.1) is 5.56 Å². The summed E-state index contributed by atoms with van der Waals surface area (Å²) in [5.74, 6) is 0. The highest BCUT2D eigenvalue weighted by atomic mass is 19.4. The first-order valence-corrected chi connectivity index (χ1v) is 5.39. The van der Waals surface area contributed by atoms with Crippen molar-refractivity contribution >= 4 is 10.9 Å². The normalized spacial score (nSPS) is 13.3. The number of benzene rings is 1. The zero-order valence-electron chi connectivity index (χ0n) is 9.97. The standard InChI is InChI=1S/C13H14F3N/c1-12(2,3)17-8-10(13(14,15)16)9-6-4-5-7-11(9)17/h4-8H,1-3H3. The van der Waals surface area contributed by atoms with E-state index in [1.54, 1.807) is 22.8 Å². The molecule has 1 aromatic heterocycles. The van der Waals surface area contributed by atoms with Gasteiger partial charge in [-0.25, -0.2) is 0 Å². The van der Waals surface area contributed by atoms with Gasteiger partial charge < -0.3 is 4.57 Å². The third kappa shape index (κ3) is 2.04. The van der Waals surface area contributed by atoms with E-state index in [9.17, 15) is 13.2 Å². The molecule has 92 valence electrons. The third-order valence-electron chi connectivity index (χ3n) is 2.74. The van der Waals surface area contributed by atoms with Crippen LogP contribution in [0.3, 0.4) is 0 Å². The zero-order valence-corrected chi connectivity index (χ0v) is 9.97. The SMILES string of the molecule is CC(C)(C)n1cc(C(F)(F)F)c2ccccc21. The molecule has 0 aliphatic rings. The Balaban J connectivity index is 2.81. The van der Waals surface area contributed by atoms with Gasteiger partial charge in [-0.05, 0) is 26.8 Å². The van der Waals surface area contributed by atoms with Crippen LogP contribution in [-0.2, 0) is 11.7 Å². The van der Waals surface area contributed by atoms with Crippen LogP contribution in [0.1, 0.15) is 26.3 Å². The predicted molar refractivity (Wildman–Crippen MR) is 61.9 cm³/mol. The van der Waals surface area contributed by atoms with Gasteiger partial charge in [-0.2, -0.15) is 13.2 Å². The van der Waals surface area contributed by atoms with Crippen LogP contribution in [0.25, 0.3) is 10.9 Å². The minimum Gasteiger partial charge on any atom is -0.342 e. The van der Waals surface area contributed by atoms with Gasteiger partial charge in [0.25, 0.3) is 0 Å².